The molecule has 2 amide bonds. The van der Waals surface area contributed by atoms with Crippen molar-refractivity contribution >= 4 is 17.7 Å². The Bertz CT molecular complexity index is 811. The lowest BCUT2D eigenvalue weighted by Crippen LogP contribution is -2.45. The number of carboxylic acid groups (broad SMARTS) is 1. The number of nitrogens with zero attached hydrogens (tertiary/aromatic N) is 2. The van der Waals surface area contributed by atoms with Crippen LogP contribution in [0.3, 0.4) is 0 Å². The third-order valence-electron chi connectivity index (χ3n) is 4.16. The number of aliphatic carboxylic acids is 1. The zero-order valence-electron chi connectivity index (χ0n) is 14.8. The van der Waals surface area contributed by atoms with Crippen molar-refractivity contribution in [3.05, 3.63) is 30.2 Å². The largest absolute Gasteiger partial charge is 0.481 e. The summed E-state index contributed by atoms with van der Waals surface area (Å²) in [6, 6.07) is 6.78. The molecule has 1 aromatic heterocycles. The van der Waals surface area contributed by atoms with Crippen LogP contribution in [0, 0.1) is 0 Å². The molecule has 1 aromatic carbocycles. The Morgan fingerprint density at radius 1 is 1.35 bits per heavy atom. The zero-order chi connectivity index (χ0) is 18.7. The van der Waals surface area contributed by atoms with Gasteiger partial charge in [0, 0.05) is 29.1 Å². The second-order valence-corrected chi connectivity index (χ2v) is 7.17. The molecule has 1 aliphatic rings. The molecule has 0 unspecified atom stereocenters. The standard InChI is InChI=1S/C18H22N4O4/c1-18(2,9-8-14(23)24)21-17(25)19-13-5-3-4-12(10-13)15-20-16(26-22-15)11-6-7-11/h3-5,10-11H,6-9H2,1-2H3,(H,23,24)(H2,19,21,25). The Hall–Kier alpha value is -2.90. The van der Waals surface area contributed by atoms with Crippen molar-refractivity contribution in [2.75, 3.05) is 5.32 Å². The molecule has 138 valence electrons. The minimum absolute atomic E-state index is 0.01000. The lowest BCUT2D eigenvalue weighted by atomic mass is 9.99. The van der Waals surface area contributed by atoms with Gasteiger partial charge < -0.3 is 20.3 Å². The van der Waals surface area contributed by atoms with E-state index in [9.17, 15) is 9.59 Å². The van der Waals surface area contributed by atoms with Crippen molar-refractivity contribution in [1.29, 1.82) is 0 Å². The molecule has 0 saturated heterocycles. The van der Waals surface area contributed by atoms with E-state index in [1.54, 1.807) is 32.0 Å². The summed E-state index contributed by atoms with van der Waals surface area (Å²) in [6.45, 7) is 3.56. The summed E-state index contributed by atoms with van der Waals surface area (Å²) in [5, 5.41) is 18.3. The van der Waals surface area contributed by atoms with Crippen LogP contribution in [0.4, 0.5) is 10.5 Å². The van der Waals surface area contributed by atoms with Gasteiger partial charge in [-0.25, -0.2) is 4.79 Å². The first kappa shape index (κ1) is 17.9. The van der Waals surface area contributed by atoms with Crippen molar-refractivity contribution < 1.29 is 19.2 Å². The van der Waals surface area contributed by atoms with Crippen molar-refractivity contribution in [3.8, 4) is 11.4 Å². The SMILES string of the molecule is CC(C)(CCC(=O)O)NC(=O)Nc1cccc(-c2noc(C3CC3)n2)c1. The lowest BCUT2D eigenvalue weighted by Gasteiger charge is -2.25. The number of aromatic nitrogens is 2. The van der Waals surface area contributed by atoms with Gasteiger partial charge in [0.05, 0.1) is 0 Å². The number of benzene rings is 1. The molecule has 0 atom stereocenters. The normalized spacial score (nSPS) is 14.1. The van der Waals surface area contributed by atoms with E-state index in [2.05, 4.69) is 20.8 Å². The highest BCUT2D eigenvalue weighted by Crippen LogP contribution is 2.39. The summed E-state index contributed by atoms with van der Waals surface area (Å²) in [5.41, 5.74) is 0.711. The van der Waals surface area contributed by atoms with Crippen LogP contribution in [0.25, 0.3) is 11.4 Å². The van der Waals surface area contributed by atoms with Crippen LogP contribution >= 0.6 is 0 Å². The molecule has 1 heterocycles. The molecule has 2 aromatic rings. The number of hydrogen-bond acceptors (Lipinski definition) is 5. The summed E-state index contributed by atoms with van der Waals surface area (Å²) < 4.78 is 5.27. The van der Waals surface area contributed by atoms with Crippen molar-refractivity contribution in [2.24, 2.45) is 0 Å². The van der Waals surface area contributed by atoms with Crippen LogP contribution in [0.15, 0.2) is 28.8 Å². The number of carbonyl (C=O) groups excluding carboxylic acids is 1. The first-order valence-electron chi connectivity index (χ1n) is 8.57. The zero-order valence-corrected chi connectivity index (χ0v) is 14.8. The van der Waals surface area contributed by atoms with E-state index in [1.165, 1.54) is 0 Å². The van der Waals surface area contributed by atoms with E-state index in [-0.39, 0.29) is 6.42 Å². The molecule has 8 nitrogen and oxygen atoms in total. The minimum Gasteiger partial charge on any atom is -0.481 e. The van der Waals surface area contributed by atoms with E-state index in [1.807, 2.05) is 6.07 Å². The van der Waals surface area contributed by atoms with Crippen LogP contribution in [-0.4, -0.2) is 32.8 Å². The van der Waals surface area contributed by atoms with Gasteiger partial charge in [-0.05, 0) is 45.2 Å². The van der Waals surface area contributed by atoms with Gasteiger partial charge in [0.1, 0.15) is 0 Å². The summed E-state index contributed by atoms with van der Waals surface area (Å²) in [5.74, 6) is 0.657. The molecule has 1 saturated carbocycles. The number of carboxylic acids is 1. The van der Waals surface area contributed by atoms with Crippen molar-refractivity contribution in [2.45, 2.75) is 51.0 Å². The topological polar surface area (TPSA) is 117 Å². The summed E-state index contributed by atoms with van der Waals surface area (Å²) >= 11 is 0. The highest BCUT2D eigenvalue weighted by atomic mass is 16.5. The summed E-state index contributed by atoms with van der Waals surface area (Å²) in [7, 11) is 0. The fourth-order valence-corrected chi connectivity index (χ4v) is 2.54. The fourth-order valence-electron chi connectivity index (χ4n) is 2.54. The number of nitrogens with one attached hydrogen (secondary N) is 2. The smallest absolute Gasteiger partial charge is 0.319 e. The lowest BCUT2D eigenvalue weighted by molar-refractivity contribution is -0.137. The molecule has 0 aliphatic heterocycles. The van der Waals surface area contributed by atoms with E-state index in [4.69, 9.17) is 9.63 Å². The Balaban J connectivity index is 1.62. The van der Waals surface area contributed by atoms with Gasteiger partial charge in [-0.2, -0.15) is 4.98 Å². The van der Waals surface area contributed by atoms with Gasteiger partial charge in [-0.15, -0.1) is 0 Å². The van der Waals surface area contributed by atoms with Crippen LogP contribution in [0.5, 0.6) is 0 Å². The number of rotatable bonds is 7. The van der Waals surface area contributed by atoms with Gasteiger partial charge in [-0.1, -0.05) is 17.3 Å². The van der Waals surface area contributed by atoms with Crippen molar-refractivity contribution in [3.63, 3.8) is 0 Å². The van der Waals surface area contributed by atoms with Crippen LogP contribution < -0.4 is 10.6 Å². The van der Waals surface area contributed by atoms with E-state index >= 15 is 0 Å². The van der Waals surface area contributed by atoms with Gasteiger partial charge in [0.2, 0.25) is 11.7 Å². The molecule has 3 N–H and O–H groups in total. The third kappa shape index (κ3) is 4.81. The maximum atomic E-state index is 12.2. The second-order valence-electron chi connectivity index (χ2n) is 7.17. The molecule has 8 heteroatoms. The summed E-state index contributed by atoms with van der Waals surface area (Å²) in [6.07, 6.45) is 2.49. The maximum absolute atomic E-state index is 12.2. The average Bonchev–Trinajstić information content (AvgIpc) is 3.30. The molecule has 0 radical (unpaired) electrons. The van der Waals surface area contributed by atoms with Crippen LogP contribution in [-0.2, 0) is 4.79 Å². The highest BCUT2D eigenvalue weighted by molar-refractivity contribution is 5.90. The van der Waals surface area contributed by atoms with Gasteiger partial charge >= 0.3 is 12.0 Å². The maximum Gasteiger partial charge on any atom is 0.319 e. The molecular weight excluding hydrogens is 336 g/mol. The number of anilines is 1. The molecule has 3 rings (SSSR count). The monoisotopic (exact) mass is 358 g/mol. The molecular formula is C18H22N4O4. The van der Waals surface area contributed by atoms with Gasteiger partial charge in [0.25, 0.3) is 0 Å². The van der Waals surface area contributed by atoms with Gasteiger partial charge in [-0.3, -0.25) is 4.79 Å². The molecule has 0 spiro atoms. The number of hydrogen-bond donors (Lipinski definition) is 3. The predicted molar refractivity (Wildman–Crippen MR) is 94.8 cm³/mol. The molecule has 0 bridgehead atoms. The van der Waals surface area contributed by atoms with E-state index < -0.39 is 17.5 Å². The molecule has 1 fully saturated rings. The first-order valence-corrected chi connectivity index (χ1v) is 8.57. The van der Waals surface area contributed by atoms with Crippen molar-refractivity contribution in [1.82, 2.24) is 15.5 Å². The number of amides is 2. The van der Waals surface area contributed by atoms with Crippen LogP contribution in [0.2, 0.25) is 0 Å². The Morgan fingerprint density at radius 2 is 2.12 bits per heavy atom. The quantitative estimate of drug-likeness (QED) is 0.698. The number of urea groups is 1. The minimum atomic E-state index is -0.890. The fraction of sp³-hybridized carbons (Fsp3) is 0.444. The Kier molecular flexibility index (Phi) is 4.92. The van der Waals surface area contributed by atoms with E-state index in [0.717, 1.165) is 18.4 Å². The van der Waals surface area contributed by atoms with Crippen LogP contribution in [0.1, 0.15) is 51.3 Å². The molecule has 26 heavy (non-hydrogen) atoms. The Morgan fingerprint density at radius 3 is 2.81 bits per heavy atom. The number of carbonyl (C=O) groups is 2. The van der Waals surface area contributed by atoms with E-state index in [0.29, 0.717) is 29.7 Å². The molecule has 1 aliphatic carbocycles. The second kappa shape index (κ2) is 7.15. The average molecular weight is 358 g/mol. The third-order valence-corrected chi connectivity index (χ3v) is 4.16. The Labute approximate surface area is 151 Å². The predicted octanol–water partition coefficient (Wildman–Crippen LogP) is 3.38. The first-order chi connectivity index (χ1) is 12.3. The summed E-state index contributed by atoms with van der Waals surface area (Å²) in [4.78, 5) is 27.3. The van der Waals surface area contributed by atoms with Gasteiger partial charge in [0.15, 0.2) is 0 Å². The highest BCUT2D eigenvalue weighted by Gasteiger charge is 2.29.